The van der Waals surface area contributed by atoms with Crippen LogP contribution in [-0.4, -0.2) is 37.5 Å². The Kier molecular flexibility index (Phi) is 6.62. The first kappa shape index (κ1) is 15.3. The maximum absolute atomic E-state index is 9.63. The van der Waals surface area contributed by atoms with Gasteiger partial charge in [0.1, 0.15) is 0 Å². The third kappa shape index (κ3) is 5.05. The molecular formula is C16H31NO2. The van der Waals surface area contributed by atoms with Gasteiger partial charge in [-0.15, -0.1) is 0 Å². The van der Waals surface area contributed by atoms with E-state index in [2.05, 4.69) is 5.32 Å². The van der Waals surface area contributed by atoms with E-state index in [1.54, 1.807) is 0 Å². The van der Waals surface area contributed by atoms with Crippen molar-refractivity contribution in [3.05, 3.63) is 0 Å². The number of aliphatic hydroxyl groups excluding tert-OH is 1. The van der Waals surface area contributed by atoms with Gasteiger partial charge in [-0.2, -0.15) is 0 Å². The van der Waals surface area contributed by atoms with E-state index in [0.29, 0.717) is 12.7 Å². The minimum Gasteiger partial charge on any atom is -0.396 e. The third-order valence-corrected chi connectivity index (χ3v) is 4.93. The van der Waals surface area contributed by atoms with Gasteiger partial charge < -0.3 is 15.2 Å². The molecule has 2 fully saturated rings. The standard InChI is InChI=1S/C16H31NO2/c18-14-16(9-5-2-6-10-16)13-17-11-12-19-15-7-3-1-4-8-15/h15,17-18H,1-14H2. The van der Waals surface area contributed by atoms with Crippen molar-refractivity contribution in [2.24, 2.45) is 5.41 Å². The average Bonchev–Trinajstić information content (AvgIpc) is 2.49. The number of hydrogen-bond acceptors (Lipinski definition) is 3. The molecule has 112 valence electrons. The lowest BCUT2D eigenvalue weighted by Gasteiger charge is -2.35. The van der Waals surface area contributed by atoms with E-state index < -0.39 is 0 Å². The van der Waals surface area contributed by atoms with E-state index in [-0.39, 0.29) is 5.41 Å². The fourth-order valence-corrected chi connectivity index (χ4v) is 3.58. The lowest BCUT2D eigenvalue weighted by Crippen LogP contribution is -2.40. The topological polar surface area (TPSA) is 41.5 Å². The van der Waals surface area contributed by atoms with E-state index in [1.807, 2.05) is 0 Å². The molecule has 0 aromatic rings. The van der Waals surface area contributed by atoms with Gasteiger partial charge in [-0.1, -0.05) is 38.5 Å². The van der Waals surface area contributed by atoms with Crippen LogP contribution in [0.15, 0.2) is 0 Å². The highest BCUT2D eigenvalue weighted by Crippen LogP contribution is 2.35. The lowest BCUT2D eigenvalue weighted by atomic mass is 9.74. The molecule has 0 amide bonds. The predicted molar refractivity (Wildman–Crippen MR) is 78.3 cm³/mol. The van der Waals surface area contributed by atoms with Crippen molar-refractivity contribution in [2.45, 2.75) is 70.3 Å². The van der Waals surface area contributed by atoms with Crippen LogP contribution < -0.4 is 5.32 Å². The highest BCUT2D eigenvalue weighted by Gasteiger charge is 2.30. The van der Waals surface area contributed by atoms with Crippen LogP contribution in [0, 0.1) is 5.41 Å². The van der Waals surface area contributed by atoms with Gasteiger partial charge in [0.25, 0.3) is 0 Å². The van der Waals surface area contributed by atoms with Crippen LogP contribution in [-0.2, 0) is 4.74 Å². The van der Waals surface area contributed by atoms with E-state index in [0.717, 1.165) is 19.7 Å². The Labute approximate surface area is 118 Å². The summed E-state index contributed by atoms with van der Waals surface area (Å²) in [6.07, 6.45) is 13.3. The number of rotatable bonds is 7. The first-order valence-corrected chi connectivity index (χ1v) is 8.28. The molecule has 0 aliphatic heterocycles. The molecule has 2 saturated carbocycles. The molecular weight excluding hydrogens is 238 g/mol. The normalized spacial score (nSPS) is 24.5. The third-order valence-electron chi connectivity index (χ3n) is 4.93. The summed E-state index contributed by atoms with van der Waals surface area (Å²) in [7, 11) is 0. The van der Waals surface area contributed by atoms with Crippen molar-refractivity contribution in [3.8, 4) is 0 Å². The molecule has 0 heterocycles. The van der Waals surface area contributed by atoms with Crippen molar-refractivity contribution >= 4 is 0 Å². The maximum Gasteiger partial charge on any atom is 0.0594 e. The second kappa shape index (κ2) is 8.23. The monoisotopic (exact) mass is 269 g/mol. The molecule has 2 rings (SSSR count). The van der Waals surface area contributed by atoms with Crippen LogP contribution in [0.2, 0.25) is 0 Å². The van der Waals surface area contributed by atoms with Crippen molar-refractivity contribution in [3.63, 3.8) is 0 Å². The van der Waals surface area contributed by atoms with Gasteiger partial charge in [0.05, 0.1) is 12.7 Å². The zero-order chi connectivity index (χ0) is 13.4. The molecule has 0 bridgehead atoms. The van der Waals surface area contributed by atoms with Crippen molar-refractivity contribution in [1.29, 1.82) is 0 Å². The Morgan fingerprint density at radius 2 is 1.68 bits per heavy atom. The largest absolute Gasteiger partial charge is 0.396 e. The molecule has 19 heavy (non-hydrogen) atoms. The van der Waals surface area contributed by atoms with Crippen LogP contribution in [0.1, 0.15) is 64.2 Å². The van der Waals surface area contributed by atoms with Crippen molar-refractivity contribution < 1.29 is 9.84 Å². The molecule has 2 aliphatic carbocycles. The van der Waals surface area contributed by atoms with Gasteiger partial charge in [-0.05, 0) is 25.7 Å². The number of ether oxygens (including phenoxy) is 1. The van der Waals surface area contributed by atoms with E-state index in [9.17, 15) is 5.11 Å². The van der Waals surface area contributed by atoms with Gasteiger partial charge in [-0.25, -0.2) is 0 Å². The molecule has 0 aromatic carbocycles. The van der Waals surface area contributed by atoms with Crippen LogP contribution in [0.3, 0.4) is 0 Å². The highest BCUT2D eigenvalue weighted by molar-refractivity contribution is 4.84. The zero-order valence-electron chi connectivity index (χ0n) is 12.3. The van der Waals surface area contributed by atoms with E-state index >= 15 is 0 Å². The Morgan fingerprint density at radius 3 is 2.37 bits per heavy atom. The van der Waals surface area contributed by atoms with Gasteiger partial charge >= 0.3 is 0 Å². The quantitative estimate of drug-likeness (QED) is 0.698. The van der Waals surface area contributed by atoms with Crippen molar-refractivity contribution in [2.75, 3.05) is 26.3 Å². The Balaban J connectivity index is 1.55. The van der Waals surface area contributed by atoms with Crippen LogP contribution in [0.4, 0.5) is 0 Å². The summed E-state index contributed by atoms with van der Waals surface area (Å²) in [4.78, 5) is 0. The summed E-state index contributed by atoms with van der Waals surface area (Å²) in [5.74, 6) is 0. The number of nitrogens with one attached hydrogen (secondary N) is 1. The fraction of sp³-hybridized carbons (Fsp3) is 1.00. The van der Waals surface area contributed by atoms with E-state index in [1.165, 1.54) is 64.2 Å². The summed E-state index contributed by atoms with van der Waals surface area (Å²) >= 11 is 0. The smallest absolute Gasteiger partial charge is 0.0594 e. The summed E-state index contributed by atoms with van der Waals surface area (Å²) in [6, 6.07) is 0. The second-order valence-electron chi connectivity index (χ2n) is 6.53. The Morgan fingerprint density at radius 1 is 1.00 bits per heavy atom. The minimum atomic E-state index is 0.156. The molecule has 0 unspecified atom stereocenters. The highest BCUT2D eigenvalue weighted by atomic mass is 16.5. The van der Waals surface area contributed by atoms with Gasteiger partial charge in [0, 0.05) is 25.1 Å². The van der Waals surface area contributed by atoms with E-state index in [4.69, 9.17) is 4.74 Å². The summed E-state index contributed by atoms with van der Waals surface area (Å²) in [5.41, 5.74) is 0.156. The molecule has 2 aliphatic rings. The summed E-state index contributed by atoms with van der Waals surface area (Å²) in [5, 5.41) is 13.1. The lowest BCUT2D eigenvalue weighted by molar-refractivity contribution is 0.0264. The minimum absolute atomic E-state index is 0.156. The predicted octanol–water partition coefficient (Wildman–Crippen LogP) is 2.87. The molecule has 3 heteroatoms. The van der Waals surface area contributed by atoms with Gasteiger partial charge in [0.15, 0.2) is 0 Å². The van der Waals surface area contributed by atoms with Crippen LogP contribution >= 0.6 is 0 Å². The molecule has 0 saturated heterocycles. The van der Waals surface area contributed by atoms with Crippen LogP contribution in [0.25, 0.3) is 0 Å². The summed E-state index contributed by atoms with van der Waals surface area (Å²) < 4.78 is 5.91. The molecule has 3 nitrogen and oxygen atoms in total. The first-order valence-electron chi connectivity index (χ1n) is 8.28. The van der Waals surface area contributed by atoms with Gasteiger partial charge in [-0.3, -0.25) is 0 Å². The number of hydrogen-bond donors (Lipinski definition) is 2. The molecule has 0 aromatic heterocycles. The Hall–Kier alpha value is -0.120. The SMILES string of the molecule is OCC1(CNCCOC2CCCCC2)CCCCC1. The second-order valence-corrected chi connectivity index (χ2v) is 6.53. The Bertz CT molecular complexity index is 233. The maximum atomic E-state index is 9.63. The summed E-state index contributed by atoms with van der Waals surface area (Å²) in [6.45, 7) is 3.05. The number of aliphatic hydroxyl groups is 1. The van der Waals surface area contributed by atoms with Gasteiger partial charge in [0.2, 0.25) is 0 Å². The van der Waals surface area contributed by atoms with Crippen molar-refractivity contribution in [1.82, 2.24) is 5.32 Å². The first-order chi connectivity index (χ1) is 9.35. The zero-order valence-corrected chi connectivity index (χ0v) is 12.3. The van der Waals surface area contributed by atoms with Crippen LogP contribution in [0.5, 0.6) is 0 Å². The molecule has 0 atom stereocenters. The fourth-order valence-electron chi connectivity index (χ4n) is 3.58. The molecule has 0 spiro atoms. The molecule has 2 N–H and O–H groups in total. The average molecular weight is 269 g/mol. The molecule has 0 radical (unpaired) electrons.